The number of amides is 1. The summed E-state index contributed by atoms with van der Waals surface area (Å²) in [5.41, 5.74) is 6.76. The number of carbonyl (C=O) groups excluding carboxylic acids is 1. The fourth-order valence-corrected chi connectivity index (χ4v) is 1.82. The maximum absolute atomic E-state index is 11.8. The molecular weight excluding hydrogens is 248 g/mol. The first-order valence-electron chi connectivity index (χ1n) is 6.10. The van der Waals surface area contributed by atoms with Crippen molar-refractivity contribution in [3.8, 4) is 0 Å². The molecular formula is C14H23ClN2O. The Labute approximate surface area is 116 Å². The third-order valence-corrected chi connectivity index (χ3v) is 2.65. The van der Waals surface area contributed by atoms with E-state index in [0.29, 0.717) is 12.3 Å². The molecule has 3 N–H and O–H groups in total. The van der Waals surface area contributed by atoms with Crippen LogP contribution in [0.2, 0.25) is 0 Å². The molecule has 3 nitrogen and oxygen atoms in total. The topological polar surface area (TPSA) is 55.1 Å². The summed E-state index contributed by atoms with van der Waals surface area (Å²) >= 11 is 0. The van der Waals surface area contributed by atoms with Crippen LogP contribution in [-0.4, -0.2) is 11.9 Å². The molecule has 2 unspecified atom stereocenters. The van der Waals surface area contributed by atoms with Crippen LogP contribution in [0.3, 0.4) is 0 Å². The number of benzene rings is 1. The second-order valence-electron chi connectivity index (χ2n) is 4.88. The number of rotatable bonds is 5. The third-order valence-electron chi connectivity index (χ3n) is 2.65. The number of hydrogen-bond donors (Lipinski definition) is 2. The van der Waals surface area contributed by atoms with E-state index in [1.165, 1.54) is 0 Å². The van der Waals surface area contributed by atoms with Crippen molar-refractivity contribution in [2.24, 2.45) is 11.7 Å². The molecule has 0 aromatic heterocycles. The number of hydrogen-bond acceptors (Lipinski definition) is 2. The molecule has 0 saturated heterocycles. The fraction of sp³-hybridized carbons (Fsp3) is 0.500. The second-order valence-corrected chi connectivity index (χ2v) is 4.88. The van der Waals surface area contributed by atoms with Crippen molar-refractivity contribution in [2.75, 3.05) is 0 Å². The summed E-state index contributed by atoms with van der Waals surface area (Å²) in [5, 5.41) is 3.05. The Bertz CT molecular complexity index is 352. The highest BCUT2D eigenvalue weighted by Crippen LogP contribution is 2.21. The molecule has 0 aliphatic carbocycles. The van der Waals surface area contributed by atoms with E-state index in [4.69, 9.17) is 5.73 Å². The largest absolute Gasteiger partial charge is 0.349 e. The second kappa shape index (κ2) is 8.11. The Morgan fingerprint density at radius 1 is 1.22 bits per heavy atom. The number of nitrogens with two attached hydrogens (primary N) is 1. The SMILES string of the molecule is CC(N)CC(=O)NC(c1ccccc1)C(C)C.Cl. The average molecular weight is 271 g/mol. The Balaban J connectivity index is 0.00000289. The van der Waals surface area contributed by atoms with Crippen LogP contribution in [0, 0.1) is 5.92 Å². The van der Waals surface area contributed by atoms with Crippen molar-refractivity contribution < 1.29 is 4.79 Å². The zero-order valence-electron chi connectivity index (χ0n) is 11.2. The summed E-state index contributed by atoms with van der Waals surface area (Å²) < 4.78 is 0. The normalized spacial score (nSPS) is 13.6. The quantitative estimate of drug-likeness (QED) is 0.864. The first-order valence-corrected chi connectivity index (χ1v) is 6.10. The Morgan fingerprint density at radius 3 is 2.22 bits per heavy atom. The first-order chi connectivity index (χ1) is 8.00. The van der Waals surface area contributed by atoms with Gasteiger partial charge in [0.1, 0.15) is 0 Å². The van der Waals surface area contributed by atoms with Gasteiger partial charge in [-0.3, -0.25) is 4.79 Å². The summed E-state index contributed by atoms with van der Waals surface area (Å²) in [4.78, 5) is 11.8. The zero-order valence-corrected chi connectivity index (χ0v) is 12.0. The molecule has 102 valence electrons. The van der Waals surface area contributed by atoms with Crippen LogP contribution >= 0.6 is 12.4 Å². The highest BCUT2D eigenvalue weighted by atomic mass is 35.5. The lowest BCUT2D eigenvalue weighted by atomic mass is 9.96. The van der Waals surface area contributed by atoms with Gasteiger partial charge >= 0.3 is 0 Å². The van der Waals surface area contributed by atoms with Gasteiger partial charge in [-0.25, -0.2) is 0 Å². The van der Waals surface area contributed by atoms with Gasteiger partial charge in [0.05, 0.1) is 6.04 Å². The fourth-order valence-electron chi connectivity index (χ4n) is 1.82. The molecule has 2 atom stereocenters. The van der Waals surface area contributed by atoms with E-state index in [0.717, 1.165) is 5.56 Å². The summed E-state index contributed by atoms with van der Waals surface area (Å²) in [5.74, 6) is 0.372. The van der Waals surface area contributed by atoms with Gasteiger partial charge in [0, 0.05) is 12.5 Å². The molecule has 0 heterocycles. The van der Waals surface area contributed by atoms with Crippen molar-refractivity contribution in [3.63, 3.8) is 0 Å². The molecule has 0 fully saturated rings. The Morgan fingerprint density at radius 2 is 1.78 bits per heavy atom. The highest BCUT2D eigenvalue weighted by Gasteiger charge is 2.18. The Hall–Kier alpha value is -1.06. The van der Waals surface area contributed by atoms with Crippen molar-refractivity contribution in [1.82, 2.24) is 5.32 Å². The number of nitrogens with one attached hydrogen (secondary N) is 1. The predicted molar refractivity (Wildman–Crippen MR) is 77.7 cm³/mol. The standard InChI is InChI=1S/C14H22N2O.ClH/c1-10(2)14(12-7-5-4-6-8-12)16-13(17)9-11(3)15;/h4-8,10-11,14H,9,15H2,1-3H3,(H,16,17);1H. The third kappa shape index (κ3) is 5.52. The molecule has 0 bridgehead atoms. The minimum Gasteiger partial charge on any atom is -0.349 e. The van der Waals surface area contributed by atoms with Gasteiger partial charge in [-0.15, -0.1) is 12.4 Å². The lowest BCUT2D eigenvalue weighted by Gasteiger charge is -2.23. The average Bonchev–Trinajstić information content (AvgIpc) is 2.25. The maximum Gasteiger partial charge on any atom is 0.222 e. The van der Waals surface area contributed by atoms with Crippen LogP contribution in [0.15, 0.2) is 30.3 Å². The zero-order chi connectivity index (χ0) is 12.8. The highest BCUT2D eigenvalue weighted by molar-refractivity contribution is 5.85. The molecule has 0 radical (unpaired) electrons. The summed E-state index contributed by atoms with van der Waals surface area (Å²) in [6.07, 6.45) is 0.371. The van der Waals surface area contributed by atoms with Gasteiger partial charge in [-0.1, -0.05) is 44.2 Å². The summed E-state index contributed by atoms with van der Waals surface area (Å²) in [7, 11) is 0. The van der Waals surface area contributed by atoms with Crippen molar-refractivity contribution in [2.45, 2.75) is 39.3 Å². The summed E-state index contributed by atoms with van der Waals surface area (Å²) in [6.45, 7) is 6.04. The summed E-state index contributed by atoms with van der Waals surface area (Å²) in [6, 6.07) is 9.99. The van der Waals surface area contributed by atoms with Gasteiger partial charge in [0.25, 0.3) is 0 Å². The van der Waals surface area contributed by atoms with Crippen molar-refractivity contribution >= 4 is 18.3 Å². The molecule has 0 saturated carbocycles. The van der Waals surface area contributed by atoms with E-state index >= 15 is 0 Å². The van der Waals surface area contributed by atoms with Crippen LogP contribution < -0.4 is 11.1 Å². The van der Waals surface area contributed by atoms with Gasteiger partial charge in [-0.05, 0) is 18.4 Å². The van der Waals surface area contributed by atoms with Crippen molar-refractivity contribution in [3.05, 3.63) is 35.9 Å². The van der Waals surface area contributed by atoms with E-state index < -0.39 is 0 Å². The van der Waals surface area contributed by atoms with Crippen LogP contribution in [0.1, 0.15) is 38.8 Å². The molecule has 1 amide bonds. The first kappa shape index (κ1) is 16.9. The van der Waals surface area contributed by atoms with Gasteiger partial charge in [0.2, 0.25) is 5.91 Å². The smallest absolute Gasteiger partial charge is 0.222 e. The van der Waals surface area contributed by atoms with E-state index in [2.05, 4.69) is 19.2 Å². The van der Waals surface area contributed by atoms with Gasteiger partial charge in [-0.2, -0.15) is 0 Å². The van der Waals surface area contributed by atoms with Gasteiger partial charge in [0.15, 0.2) is 0 Å². The van der Waals surface area contributed by atoms with Crippen LogP contribution in [0.5, 0.6) is 0 Å². The maximum atomic E-state index is 11.8. The molecule has 1 aromatic carbocycles. The molecule has 4 heteroatoms. The van der Waals surface area contributed by atoms with Gasteiger partial charge < -0.3 is 11.1 Å². The minimum absolute atomic E-state index is 0. The van der Waals surface area contributed by atoms with Crippen LogP contribution in [-0.2, 0) is 4.79 Å². The van der Waals surface area contributed by atoms with E-state index in [1.807, 2.05) is 37.3 Å². The van der Waals surface area contributed by atoms with Crippen LogP contribution in [0.25, 0.3) is 0 Å². The lowest BCUT2D eigenvalue weighted by molar-refractivity contribution is -0.122. The number of halogens is 1. The lowest BCUT2D eigenvalue weighted by Crippen LogP contribution is -2.35. The molecule has 0 aliphatic heterocycles. The monoisotopic (exact) mass is 270 g/mol. The van der Waals surface area contributed by atoms with E-state index in [-0.39, 0.29) is 30.4 Å². The van der Waals surface area contributed by atoms with E-state index in [9.17, 15) is 4.79 Å². The van der Waals surface area contributed by atoms with Crippen LogP contribution in [0.4, 0.5) is 0 Å². The number of carbonyl (C=O) groups is 1. The molecule has 0 aliphatic rings. The Kier molecular flexibility index (Phi) is 7.64. The molecule has 1 rings (SSSR count). The minimum atomic E-state index is -0.0985. The van der Waals surface area contributed by atoms with Crippen molar-refractivity contribution in [1.29, 1.82) is 0 Å². The van der Waals surface area contributed by atoms with E-state index in [1.54, 1.807) is 0 Å². The molecule has 18 heavy (non-hydrogen) atoms. The predicted octanol–water partition coefficient (Wildman–Crippen LogP) is 2.66. The molecule has 1 aromatic rings. The molecule has 0 spiro atoms.